The minimum atomic E-state index is -0.426. The molecule has 180 valence electrons. The van der Waals surface area contributed by atoms with Crippen LogP contribution < -0.4 is 0 Å². The maximum Gasteiger partial charge on any atom is 0.0713 e. The van der Waals surface area contributed by atoms with Gasteiger partial charge in [-0.25, -0.2) is 0 Å². The van der Waals surface area contributed by atoms with Crippen molar-refractivity contribution >= 4 is 11.6 Å². The summed E-state index contributed by atoms with van der Waals surface area (Å²) in [6, 6.07) is 54.5. The van der Waals surface area contributed by atoms with Crippen molar-refractivity contribution in [3.8, 4) is 33.4 Å². The standard InChI is InChI=1S/C37H25Cl/c38-31-24-20-28(21-25-31)32-15-9-17-35-36(32)33-14-7-8-16-34(33)37(35,29-12-5-2-6-13-29)30-22-18-27(19-23-30)26-10-3-1-4-11-26/h1-25H. The van der Waals surface area contributed by atoms with E-state index in [1.165, 1.54) is 55.6 Å². The molecule has 0 fully saturated rings. The maximum absolute atomic E-state index is 6.26. The Morgan fingerprint density at radius 3 is 1.63 bits per heavy atom. The molecule has 0 amide bonds. The summed E-state index contributed by atoms with van der Waals surface area (Å²) in [7, 11) is 0. The Hall–Kier alpha value is -4.39. The second-order valence-electron chi connectivity index (χ2n) is 9.84. The Balaban J connectivity index is 1.54. The van der Waals surface area contributed by atoms with Gasteiger partial charge in [-0.15, -0.1) is 0 Å². The number of hydrogen-bond acceptors (Lipinski definition) is 0. The van der Waals surface area contributed by atoms with Gasteiger partial charge in [-0.05, 0) is 67.8 Å². The number of rotatable bonds is 4. The normalized spacial score (nSPS) is 15.6. The van der Waals surface area contributed by atoms with E-state index in [9.17, 15) is 0 Å². The van der Waals surface area contributed by atoms with E-state index in [1.54, 1.807) is 0 Å². The summed E-state index contributed by atoms with van der Waals surface area (Å²) < 4.78 is 0. The lowest BCUT2D eigenvalue weighted by Crippen LogP contribution is -2.28. The van der Waals surface area contributed by atoms with E-state index in [1.807, 2.05) is 12.1 Å². The molecule has 0 heterocycles. The predicted molar refractivity (Wildman–Crippen MR) is 160 cm³/mol. The molecule has 0 aromatic heterocycles. The van der Waals surface area contributed by atoms with Gasteiger partial charge in [0.15, 0.2) is 0 Å². The van der Waals surface area contributed by atoms with E-state index in [0.29, 0.717) is 0 Å². The van der Waals surface area contributed by atoms with E-state index >= 15 is 0 Å². The summed E-state index contributed by atoms with van der Waals surface area (Å²) in [5.41, 5.74) is 12.2. The third-order valence-corrected chi connectivity index (χ3v) is 8.11. The molecule has 0 N–H and O–H groups in total. The van der Waals surface area contributed by atoms with Gasteiger partial charge in [0.2, 0.25) is 0 Å². The number of benzene rings is 6. The minimum absolute atomic E-state index is 0.426. The zero-order valence-electron chi connectivity index (χ0n) is 20.8. The van der Waals surface area contributed by atoms with Crippen molar-refractivity contribution in [3.05, 3.63) is 179 Å². The smallest absolute Gasteiger partial charge is 0.0713 e. The molecule has 0 saturated carbocycles. The molecule has 1 atom stereocenters. The van der Waals surface area contributed by atoms with Crippen molar-refractivity contribution in [1.82, 2.24) is 0 Å². The minimum Gasteiger partial charge on any atom is -0.0843 e. The van der Waals surface area contributed by atoms with Crippen LogP contribution in [0.15, 0.2) is 152 Å². The summed E-state index contributed by atoms with van der Waals surface area (Å²) in [6.07, 6.45) is 0. The summed E-state index contributed by atoms with van der Waals surface area (Å²) in [4.78, 5) is 0. The molecule has 1 aliphatic carbocycles. The highest BCUT2D eigenvalue weighted by atomic mass is 35.5. The Labute approximate surface area is 228 Å². The van der Waals surface area contributed by atoms with Crippen LogP contribution in [-0.2, 0) is 5.41 Å². The molecule has 1 unspecified atom stereocenters. The van der Waals surface area contributed by atoms with Gasteiger partial charge in [-0.1, -0.05) is 151 Å². The van der Waals surface area contributed by atoms with Gasteiger partial charge in [0.25, 0.3) is 0 Å². The average Bonchev–Trinajstić information content (AvgIpc) is 3.30. The van der Waals surface area contributed by atoms with Crippen molar-refractivity contribution in [2.24, 2.45) is 0 Å². The highest BCUT2D eigenvalue weighted by Crippen LogP contribution is 2.58. The van der Waals surface area contributed by atoms with Crippen LogP contribution in [-0.4, -0.2) is 0 Å². The van der Waals surface area contributed by atoms with Crippen LogP contribution >= 0.6 is 11.6 Å². The quantitative estimate of drug-likeness (QED) is 0.223. The largest absolute Gasteiger partial charge is 0.0843 e. The lowest BCUT2D eigenvalue weighted by Gasteiger charge is -2.34. The summed E-state index contributed by atoms with van der Waals surface area (Å²) in [5, 5.41) is 0.749. The first-order valence-electron chi connectivity index (χ1n) is 13.0. The SMILES string of the molecule is Clc1ccc(-c2cccc3c2-c2ccccc2C3(c2ccccc2)c2ccc(-c3ccccc3)cc2)cc1. The lowest BCUT2D eigenvalue weighted by molar-refractivity contribution is 0.769. The second kappa shape index (κ2) is 9.17. The molecule has 0 spiro atoms. The molecule has 0 saturated heterocycles. The Bertz CT molecular complexity index is 1730. The summed E-state index contributed by atoms with van der Waals surface area (Å²) in [6.45, 7) is 0. The van der Waals surface area contributed by atoms with Crippen LogP contribution in [0.5, 0.6) is 0 Å². The van der Waals surface area contributed by atoms with Gasteiger partial charge in [0, 0.05) is 5.02 Å². The van der Waals surface area contributed by atoms with Gasteiger partial charge >= 0.3 is 0 Å². The average molecular weight is 505 g/mol. The van der Waals surface area contributed by atoms with Crippen molar-refractivity contribution in [1.29, 1.82) is 0 Å². The molecule has 0 nitrogen and oxygen atoms in total. The molecule has 1 heteroatoms. The van der Waals surface area contributed by atoms with Crippen molar-refractivity contribution < 1.29 is 0 Å². The molecule has 6 aromatic carbocycles. The van der Waals surface area contributed by atoms with Crippen molar-refractivity contribution in [3.63, 3.8) is 0 Å². The van der Waals surface area contributed by atoms with E-state index < -0.39 is 5.41 Å². The fourth-order valence-corrected chi connectivity index (χ4v) is 6.34. The summed E-state index contributed by atoms with van der Waals surface area (Å²) >= 11 is 6.26. The molecule has 7 rings (SSSR count). The fraction of sp³-hybridized carbons (Fsp3) is 0.0270. The zero-order valence-corrected chi connectivity index (χ0v) is 21.6. The molecular formula is C37H25Cl. The summed E-state index contributed by atoms with van der Waals surface area (Å²) in [5.74, 6) is 0. The topological polar surface area (TPSA) is 0 Å². The molecule has 0 bridgehead atoms. The zero-order chi connectivity index (χ0) is 25.5. The molecule has 38 heavy (non-hydrogen) atoms. The Kier molecular flexibility index (Phi) is 5.50. The van der Waals surface area contributed by atoms with E-state index in [2.05, 4.69) is 140 Å². The molecule has 6 aromatic rings. The molecular weight excluding hydrogens is 480 g/mol. The first-order chi connectivity index (χ1) is 18.8. The van der Waals surface area contributed by atoms with E-state index in [0.717, 1.165) is 5.02 Å². The maximum atomic E-state index is 6.26. The van der Waals surface area contributed by atoms with Gasteiger partial charge in [0.1, 0.15) is 0 Å². The first kappa shape index (κ1) is 22.8. The van der Waals surface area contributed by atoms with Crippen LogP contribution in [0.2, 0.25) is 5.02 Å². The van der Waals surface area contributed by atoms with Crippen molar-refractivity contribution in [2.75, 3.05) is 0 Å². The third kappa shape index (κ3) is 3.45. The Morgan fingerprint density at radius 2 is 0.895 bits per heavy atom. The molecule has 0 aliphatic heterocycles. The van der Waals surface area contributed by atoms with Gasteiger partial charge in [-0.2, -0.15) is 0 Å². The van der Waals surface area contributed by atoms with Crippen LogP contribution in [0.25, 0.3) is 33.4 Å². The van der Waals surface area contributed by atoms with Crippen LogP contribution in [0.1, 0.15) is 22.3 Å². The van der Waals surface area contributed by atoms with Crippen LogP contribution in [0.4, 0.5) is 0 Å². The number of halogens is 1. The second-order valence-corrected chi connectivity index (χ2v) is 10.3. The first-order valence-corrected chi connectivity index (χ1v) is 13.4. The van der Waals surface area contributed by atoms with Gasteiger partial charge in [0.05, 0.1) is 5.41 Å². The van der Waals surface area contributed by atoms with Gasteiger partial charge in [-0.3, -0.25) is 0 Å². The fourth-order valence-electron chi connectivity index (χ4n) is 6.22. The van der Waals surface area contributed by atoms with Crippen molar-refractivity contribution in [2.45, 2.75) is 5.41 Å². The van der Waals surface area contributed by atoms with Gasteiger partial charge < -0.3 is 0 Å². The third-order valence-electron chi connectivity index (χ3n) is 7.86. The van der Waals surface area contributed by atoms with E-state index in [-0.39, 0.29) is 0 Å². The van der Waals surface area contributed by atoms with Crippen LogP contribution in [0, 0.1) is 0 Å². The molecule has 1 aliphatic rings. The highest BCUT2D eigenvalue weighted by Gasteiger charge is 2.46. The van der Waals surface area contributed by atoms with Crippen LogP contribution in [0.3, 0.4) is 0 Å². The highest BCUT2D eigenvalue weighted by molar-refractivity contribution is 6.30. The number of hydrogen-bond donors (Lipinski definition) is 0. The van der Waals surface area contributed by atoms with E-state index in [4.69, 9.17) is 11.6 Å². The monoisotopic (exact) mass is 504 g/mol. The Morgan fingerprint density at radius 1 is 0.368 bits per heavy atom. The molecule has 0 radical (unpaired) electrons. The predicted octanol–water partition coefficient (Wildman–Crippen LogP) is 10.0. The number of fused-ring (bicyclic) bond motifs is 3. The lowest BCUT2D eigenvalue weighted by atomic mass is 9.67.